The van der Waals surface area contributed by atoms with Gasteiger partial charge in [-0.1, -0.05) is 46.5 Å². The van der Waals surface area contributed by atoms with E-state index >= 15 is 0 Å². The third-order valence-electron chi connectivity index (χ3n) is 2.53. The second kappa shape index (κ2) is 6.78. The molecule has 1 aromatic carbocycles. The van der Waals surface area contributed by atoms with Gasteiger partial charge >= 0.3 is 0 Å². The summed E-state index contributed by atoms with van der Waals surface area (Å²) in [6.07, 6.45) is 1.99. The summed E-state index contributed by atoms with van der Waals surface area (Å²) in [6, 6.07) is 7.48. The normalized spacial score (nSPS) is 11.0. The number of nitrogens with zero attached hydrogens (tertiary/aromatic N) is 4. The van der Waals surface area contributed by atoms with Crippen molar-refractivity contribution < 1.29 is 0 Å². The largest absolute Gasteiger partial charge is 0.258 e. The van der Waals surface area contributed by atoms with Crippen molar-refractivity contribution in [3.63, 3.8) is 0 Å². The number of thioether (sulfide) groups is 2. The summed E-state index contributed by atoms with van der Waals surface area (Å²) in [5.41, 5.74) is 0.958. The lowest BCUT2D eigenvalue weighted by Gasteiger charge is -1.95. The molecule has 0 aliphatic heterocycles. The summed E-state index contributed by atoms with van der Waals surface area (Å²) >= 11 is 10.6. The monoisotopic (exact) mass is 355 g/mol. The van der Waals surface area contributed by atoms with Crippen LogP contribution < -0.4 is 0 Å². The minimum absolute atomic E-state index is 0.695. The zero-order valence-electron chi connectivity index (χ0n) is 10.9. The van der Waals surface area contributed by atoms with E-state index in [9.17, 15) is 0 Å². The third-order valence-corrected chi connectivity index (χ3v) is 5.72. The molecule has 0 unspecified atom stereocenters. The Labute approximate surface area is 138 Å². The Balaban J connectivity index is 1.66. The fourth-order valence-electron chi connectivity index (χ4n) is 1.55. The number of H-pyrrole nitrogens is 1. The molecule has 0 spiro atoms. The summed E-state index contributed by atoms with van der Waals surface area (Å²) in [5, 5.41) is 17.7. The quantitative estimate of drug-likeness (QED) is 0.698. The van der Waals surface area contributed by atoms with Crippen LogP contribution in [0.2, 0.25) is 5.02 Å². The van der Waals surface area contributed by atoms with Crippen LogP contribution in [-0.2, 0) is 5.75 Å². The van der Waals surface area contributed by atoms with Gasteiger partial charge in [0.15, 0.2) is 10.2 Å². The van der Waals surface area contributed by atoms with E-state index in [-0.39, 0.29) is 0 Å². The molecule has 0 aliphatic carbocycles. The Bertz CT molecular complexity index is 725. The van der Waals surface area contributed by atoms with Gasteiger partial charge in [0.1, 0.15) is 5.01 Å². The summed E-state index contributed by atoms with van der Waals surface area (Å²) < 4.78 is 0.974. The van der Waals surface area contributed by atoms with E-state index in [2.05, 4.69) is 25.4 Å². The Hall–Kier alpha value is -1.09. The van der Waals surface area contributed by atoms with E-state index in [0.717, 1.165) is 26.5 Å². The van der Waals surface area contributed by atoms with Gasteiger partial charge in [-0.25, -0.2) is 4.98 Å². The van der Waals surface area contributed by atoms with Gasteiger partial charge in [-0.05, 0) is 30.5 Å². The van der Waals surface area contributed by atoms with Crippen molar-refractivity contribution in [2.45, 2.75) is 15.2 Å². The van der Waals surface area contributed by atoms with Crippen LogP contribution in [0.5, 0.6) is 0 Å². The molecule has 0 aliphatic rings. The van der Waals surface area contributed by atoms with Crippen LogP contribution in [0.4, 0.5) is 0 Å². The summed E-state index contributed by atoms with van der Waals surface area (Å²) in [6.45, 7) is 0. The Kier molecular flexibility index (Phi) is 4.79. The summed E-state index contributed by atoms with van der Waals surface area (Å²) in [4.78, 5) is 4.46. The van der Waals surface area contributed by atoms with Gasteiger partial charge in [-0.15, -0.1) is 15.3 Å². The number of hydrogen-bond acceptors (Lipinski definition) is 7. The van der Waals surface area contributed by atoms with Gasteiger partial charge in [0.2, 0.25) is 5.16 Å². The predicted molar refractivity (Wildman–Crippen MR) is 88.1 cm³/mol. The molecule has 1 N–H and O–H groups in total. The standard InChI is InChI=1S/C12H10ClN5S3/c1-19-12-18-15-9(21-12)6-20-11-14-10(16-17-11)7-2-4-8(13)5-3-7/h2-5H,6H2,1H3,(H,14,16,17). The minimum atomic E-state index is 0.695. The van der Waals surface area contributed by atoms with Crippen LogP contribution in [0.15, 0.2) is 33.8 Å². The van der Waals surface area contributed by atoms with Crippen LogP contribution >= 0.6 is 46.5 Å². The molecule has 5 nitrogen and oxygen atoms in total. The van der Waals surface area contributed by atoms with Gasteiger partial charge < -0.3 is 0 Å². The van der Waals surface area contributed by atoms with Crippen LogP contribution in [0.25, 0.3) is 11.4 Å². The molecule has 2 aromatic heterocycles. The molecule has 0 atom stereocenters. The highest BCUT2D eigenvalue weighted by molar-refractivity contribution is 8.00. The molecular weight excluding hydrogens is 346 g/mol. The van der Waals surface area contributed by atoms with Crippen LogP contribution in [0.3, 0.4) is 0 Å². The topological polar surface area (TPSA) is 67.3 Å². The number of hydrogen-bond donors (Lipinski definition) is 1. The Morgan fingerprint density at radius 2 is 2.05 bits per heavy atom. The van der Waals surface area contributed by atoms with E-state index in [1.807, 2.05) is 30.5 Å². The second-order valence-electron chi connectivity index (χ2n) is 3.93. The smallest absolute Gasteiger partial charge is 0.209 e. The van der Waals surface area contributed by atoms with Crippen molar-refractivity contribution in [1.29, 1.82) is 0 Å². The van der Waals surface area contributed by atoms with Crippen molar-refractivity contribution in [3.05, 3.63) is 34.3 Å². The first-order valence-corrected chi connectivity index (χ1v) is 9.32. The average Bonchev–Trinajstić information content (AvgIpc) is 3.15. The molecule has 3 aromatic rings. The Morgan fingerprint density at radius 3 is 2.76 bits per heavy atom. The number of rotatable bonds is 5. The number of nitrogens with one attached hydrogen (secondary N) is 1. The van der Waals surface area contributed by atoms with Crippen molar-refractivity contribution in [1.82, 2.24) is 25.4 Å². The third kappa shape index (κ3) is 3.76. The number of benzene rings is 1. The van der Waals surface area contributed by atoms with Crippen molar-refractivity contribution in [2.75, 3.05) is 6.26 Å². The van der Waals surface area contributed by atoms with Crippen LogP contribution in [0, 0.1) is 0 Å². The first kappa shape index (κ1) is 14.8. The predicted octanol–water partition coefficient (Wildman–Crippen LogP) is 3.99. The fraction of sp³-hybridized carbons (Fsp3) is 0.167. The SMILES string of the molecule is CSc1nnc(CSc2n[nH]c(-c3ccc(Cl)cc3)n2)s1. The molecule has 0 saturated heterocycles. The van der Waals surface area contributed by atoms with Crippen LogP contribution in [0.1, 0.15) is 5.01 Å². The van der Waals surface area contributed by atoms with E-state index in [1.165, 1.54) is 11.8 Å². The average molecular weight is 356 g/mol. The minimum Gasteiger partial charge on any atom is -0.258 e. The first-order valence-electron chi connectivity index (χ1n) is 5.92. The van der Waals surface area contributed by atoms with Gasteiger partial charge in [0, 0.05) is 10.6 Å². The van der Waals surface area contributed by atoms with Crippen molar-refractivity contribution in [2.24, 2.45) is 0 Å². The van der Waals surface area contributed by atoms with Gasteiger partial charge in [-0.3, -0.25) is 5.10 Å². The molecule has 9 heteroatoms. The van der Waals surface area contributed by atoms with E-state index in [4.69, 9.17) is 11.6 Å². The molecular formula is C12H10ClN5S3. The Morgan fingerprint density at radius 1 is 1.24 bits per heavy atom. The lowest BCUT2D eigenvalue weighted by atomic mass is 10.2. The summed E-state index contributed by atoms with van der Waals surface area (Å²) in [7, 11) is 0. The lowest BCUT2D eigenvalue weighted by molar-refractivity contribution is 0.962. The van der Waals surface area contributed by atoms with Gasteiger partial charge in [0.05, 0.1) is 5.75 Å². The molecule has 108 valence electrons. The van der Waals surface area contributed by atoms with E-state index < -0.39 is 0 Å². The van der Waals surface area contributed by atoms with E-state index in [1.54, 1.807) is 23.1 Å². The van der Waals surface area contributed by atoms with Gasteiger partial charge in [-0.2, -0.15) is 0 Å². The summed E-state index contributed by atoms with van der Waals surface area (Å²) in [5.74, 6) is 1.45. The first-order chi connectivity index (χ1) is 10.2. The highest BCUT2D eigenvalue weighted by atomic mass is 35.5. The molecule has 2 heterocycles. The van der Waals surface area contributed by atoms with Crippen molar-refractivity contribution in [3.8, 4) is 11.4 Å². The maximum atomic E-state index is 5.87. The molecule has 0 amide bonds. The molecule has 0 fully saturated rings. The number of aromatic nitrogens is 5. The second-order valence-corrected chi connectivity index (χ2v) is 7.42. The maximum absolute atomic E-state index is 5.87. The maximum Gasteiger partial charge on any atom is 0.209 e. The zero-order valence-corrected chi connectivity index (χ0v) is 14.1. The molecule has 3 rings (SSSR count). The molecule has 0 saturated carbocycles. The zero-order chi connectivity index (χ0) is 14.7. The van der Waals surface area contributed by atoms with Gasteiger partial charge in [0.25, 0.3) is 0 Å². The molecule has 21 heavy (non-hydrogen) atoms. The number of aromatic amines is 1. The van der Waals surface area contributed by atoms with Crippen LogP contribution in [-0.4, -0.2) is 31.6 Å². The fourth-order valence-corrected chi connectivity index (χ4v) is 3.78. The molecule has 0 bridgehead atoms. The number of halogens is 1. The molecule has 0 radical (unpaired) electrons. The van der Waals surface area contributed by atoms with E-state index in [0.29, 0.717) is 10.2 Å². The van der Waals surface area contributed by atoms with Crippen molar-refractivity contribution >= 4 is 46.5 Å². The highest BCUT2D eigenvalue weighted by Crippen LogP contribution is 2.26. The highest BCUT2D eigenvalue weighted by Gasteiger charge is 2.09. The lowest BCUT2D eigenvalue weighted by Crippen LogP contribution is -1.81.